The van der Waals surface area contributed by atoms with Gasteiger partial charge >= 0.3 is 0 Å². The van der Waals surface area contributed by atoms with E-state index in [2.05, 4.69) is 11.9 Å². The van der Waals surface area contributed by atoms with Crippen molar-refractivity contribution in [3.63, 3.8) is 0 Å². The van der Waals surface area contributed by atoms with E-state index in [1.165, 1.54) is 32.4 Å². The minimum absolute atomic E-state index is 0.784. The van der Waals surface area contributed by atoms with Gasteiger partial charge in [0, 0.05) is 5.88 Å². The predicted molar refractivity (Wildman–Crippen MR) is 45.6 cm³/mol. The van der Waals surface area contributed by atoms with E-state index in [9.17, 15) is 0 Å². The molecule has 1 atom stereocenters. The van der Waals surface area contributed by atoms with Gasteiger partial charge in [0.05, 0.1) is 0 Å². The Morgan fingerprint density at radius 1 is 1.40 bits per heavy atom. The first-order valence-corrected chi connectivity index (χ1v) is 4.61. The molecule has 0 radical (unpaired) electrons. The van der Waals surface area contributed by atoms with E-state index in [1.807, 2.05) is 0 Å². The zero-order valence-corrected chi connectivity index (χ0v) is 7.40. The lowest BCUT2D eigenvalue weighted by atomic mass is 10.0. The summed E-state index contributed by atoms with van der Waals surface area (Å²) in [5.41, 5.74) is 0. The molecule has 1 fully saturated rings. The number of alkyl halides is 1. The van der Waals surface area contributed by atoms with Gasteiger partial charge in [-0.05, 0) is 45.3 Å². The van der Waals surface area contributed by atoms with Gasteiger partial charge in [-0.2, -0.15) is 0 Å². The van der Waals surface area contributed by atoms with E-state index in [0.717, 1.165) is 11.8 Å². The van der Waals surface area contributed by atoms with Crippen LogP contribution in [0.2, 0.25) is 0 Å². The second-order valence-electron chi connectivity index (χ2n) is 3.25. The summed E-state index contributed by atoms with van der Waals surface area (Å²) in [5, 5.41) is 0. The van der Waals surface area contributed by atoms with E-state index >= 15 is 0 Å². The van der Waals surface area contributed by atoms with E-state index in [4.69, 9.17) is 11.6 Å². The first-order valence-electron chi connectivity index (χ1n) is 4.07. The molecule has 0 aromatic rings. The standard InChI is InChI=1S/C8H16ClN/c1-10-5-2-3-8(7-9)4-6-10/h8H,2-7H2,1H3. The molecule has 1 unspecified atom stereocenters. The Kier molecular flexibility index (Phi) is 3.50. The second kappa shape index (κ2) is 4.20. The van der Waals surface area contributed by atoms with Crippen molar-refractivity contribution in [3.8, 4) is 0 Å². The molecule has 0 aromatic carbocycles. The van der Waals surface area contributed by atoms with Crippen molar-refractivity contribution in [2.75, 3.05) is 26.0 Å². The highest BCUT2D eigenvalue weighted by molar-refractivity contribution is 6.18. The van der Waals surface area contributed by atoms with Crippen LogP contribution in [0, 0.1) is 5.92 Å². The Morgan fingerprint density at radius 2 is 2.20 bits per heavy atom. The van der Waals surface area contributed by atoms with Crippen molar-refractivity contribution in [2.45, 2.75) is 19.3 Å². The number of hydrogen-bond donors (Lipinski definition) is 0. The first kappa shape index (κ1) is 8.35. The maximum Gasteiger partial charge on any atom is 0.0252 e. The molecule has 0 saturated carbocycles. The molecule has 60 valence electrons. The Labute approximate surface area is 68.4 Å². The summed E-state index contributed by atoms with van der Waals surface area (Å²) in [6, 6.07) is 0. The van der Waals surface area contributed by atoms with Gasteiger partial charge in [-0.1, -0.05) is 0 Å². The average molecular weight is 162 g/mol. The number of likely N-dealkylation sites (tertiary alicyclic amines) is 1. The summed E-state index contributed by atoms with van der Waals surface area (Å²) in [6.07, 6.45) is 3.95. The molecule has 1 aliphatic rings. The molecule has 0 amide bonds. The monoisotopic (exact) mass is 161 g/mol. The normalized spacial score (nSPS) is 30.0. The third-order valence-corrected chi connectivity index (χ3v) is 2.73. The molecule has 1 rings (SSSR count). The van der Waals surface area contributed by atoms with Crippen molar-refractivity contribution in [2.24, 2.45) is 5.92 Å². The van der Waals surface area contributed by atoms with Gasteiger partial charge in [0.15, 0.2) is 0 Å². The van der Waals surface area contributed by atoms with Gasteiger partial charge < -0.3 is 4.90 Å². The molecule has 1 heterocycles. The van der Waals surface area contributed by atoms with Crippen molar-refractivity contribution in [1.82, 2.24) is 4.90 Å². The Balaban J connectivity index is 2.26. The zero-order chi connectivity index (χ0) is 7.40. The van der Waals surface area contributed by atoms with Crippen LogP contribution in [0.1, 0.15) is 19.3 Å². The maximum atomic E-state index is 5.78. The van der Waals surface area contributed by atoms with E-state index in [-0.39, 0.29) is 0 Å². The van der Waals surface area contributed by atoms with Gasteiger partial charge in [0.1, 0.15) is 0 Å². The highest BCUT2D eigenvalue weighted by Gasteiger charge is 2.12. The van der Waals surface area contributed by atoms with E-state index in [0.29, 0.717) is 0 Å². The quantitative estimate of drug-likeness (QED) is 0.532. The van der Waals surface area contributed by atoms with Crippen molar-refractivity contribution >= 4 is 11.6 Å². The lowest BCUT2D eigenvalue weighted by Crippen LogP contribution is -2.18. The number of halogens is 1. The summed E-state index contributed by atoms with van der Waals surface area (Å²) in [4.78, 5) is 2.40. The fraction of sp³-hybridized carbons (Fsp3) is 1.00. The minimum atomic E-state index is 0.784. The number of rotatable bonds is 1. The molecule has 1 aliphatic heterocycles. The fourth-order valence-corrected chi connectivity index (χ4v) is 1.77. The largest absolute Gasteiger partial charge is 0.306 e. The summed E-state index contributed by atoms with van der Waals surface area (Å²) in [7, 11) is 2.19. The molecule has 0 aliphatic carbocycles. The van der Waals surface area contributed by atoms with Crippen LogP contribution in [0.15, 0.2) is 0 Å². The molecule has 0 aromatic heterocycles. The van der Waals surface area contributed by atoms with Crippen LogP contribution < -0.4 is 0 Å². The first-order chi connectivity index (χ1) is 4.83. The van der Waals surface area contributed by atoms with Crippen LogP contribution in [-0.4, -0.2) is 30.9 Å². The smallest absolute Gasteiger partial charge is 0.0252 e. The zero-order valence-electron chi connectivity index (χ0n) is 6.65. The number of hydrogen-bond acceptors (Lipinski definition) is 1. The van der Waals surface area contributed by atoms with Crippen LogP contribution in [-0.2, 0) is 0 Å². The predicted octanol–water partition coefficient (Wildman–Crippen LogP) is 1.96. The summed E-state index contributed by atoms with van der Waals surface area (Å²) in [5.74, 6) is 1.64. The van der Waals surface area contributed by atoms with Crippen LogP contribution in [0.5, 0.6) is 0 Å². The lowest BCUT2D eigenvalue weighted by molar-refractivity contribution is 0.344. The van der Waals surface area contributed by atoms with Gasteiger partial charge in [-0.15, -0.1) is 11.6 Å². The number of nitrogens with zero attached hydrogens (tertiary/aromatic N) is 1. The molecule has 0 bridgehead atoms. The van der Waals surface area contributed by atoms with Crippen molar-refractivity contribution in [3.05, 3.63) is 0 Å². The van der Waals surface area contributed by atoms with Crippen molar-refractivity contribution < 1.29 is 0 Å². The van der Waals surface area contributed by atoms with Crippen LogP contribution in [0.4, 0.5) is 0 Å². The summed E-state index contributed by atoms with van der Waals surface area (Å²) < 4.78 is 0. The molecule has 1 nitrogen and oxygen atoms in total. The SMILES string of the molecule is CN1CCCC(CCl)CC1. The molecule has 0 spiro atoms. The lowest BCUT2D eigenvalue weighted by Gasteiger charge is -2.12. The van der Waals surface area contributed by atoms with Crippen molar-refractivity contribution in [1.29, 1.82) is 0 Å². The molecule has 0 N–H and O–H groups in total. The second-order valence-corrected chi connectivity index (χ2v) is 3.56. The topological polar surface area (TPSA) is 3.24 Å². The minimum Gasteiger partial charge on any atom is -0.306 e. The van der Waals surface area contributed by atoms with Gasteiger partial charge in [0.2, 0.25) is 0 Å². The van der Waals surface area contributed by atoms with Gasteiger partial charge in [0.25, 0.3) is 0 Å². The average Bonchev–Trinajstić information content (AvgIpc) is 2.14. The Hall–Kier alpha value is 0.250. The molecular formula is C8H16ClN. The summed E-state index contributed by atoms with van der Waals surface area (Å²) >= 11 is 5.78. The molecular weight excluding hydrogens is 146 g/mol. The highest BCUT2D eigenvalue weighted by atomic mass is 35.5. The van der Waals surface area contributed by atoms with E-state index < -0.39 is 0 Å². The van der Waals surface area contributed by atoms with Gasteiger partial charge in [-0.3, -0.25) is 0 Å². The summed E-state index contributed by atoms with van der Waals surface area (Å²) in [6.45, 7) is 2.49. The maximum absolute atomic E-state index is 5.78. The van der Waals surface area contributed by atoms with Crippen LogP contribution in [0.3, 0.4) is 0 Å². The van der Waals surface area contributed by atoms with E-state index in [1.54, 1.807) is 0 Å². The fourth-order valence-electron chi connectivity index (χ4n) is 1.46. The Morgan fingerprint density at radius 3 is 2.90 bits per heavy atom. The van der Waals surface area contributed by atoms with Crippen LogP contribution in [0.25, 0.3) is 0 Å². The molecule has 2 heteroatoms. The Bertz CT molecular complexity index is 95.3. The third-order valence-electron chi connectivity index (χ3n) is 2.29. The van der Waals surface area contributed by atoms with Gasteiger partial charge in [-0.25, -0.2) is 0 Å². The molecule has 1 saturated heterocycles. The molecule has 10 heavy (non-hydrogen) atoms. The highest BCUT2D eigenvalue weighted by Crippen LogP contribution is 2.17. The van der Waals surface area contributed by atoms with Crippen LogP contribution >= 0.6 is 11.6 Å². The third kappa shape index (κ3) is 2.47.